The Kier molecular flexibility index (Phi) is 10.2. The summed E-state index contributed by atoms with van der Waals surface area (Å²) in [5, 5.41) is 6.38. The van der Waals surface area contributed by atoms with Gasteiger partial charge in [-0.15, -0.1) is 0 Å². The average molecular weight is 418 g/mol. The molecule has 0 spiro atoms. The van der Waals surface area contributed by atoms with Crippen molar-refractivity contribution in [3.63, 3.8) is 0 Å². The molecule has 29 heavy (non-hydrogen) atoms. The maximum atomic E-state index is 12.9. The Morgan fingerprint density at radius 2 is 2.07 bits per heavy atom. The minimum atomic E-state index is -0.0384. The Hall–Kier alpha value is -1.92. The second-order valence-electron chi connectivity index (χ2n) is 7.36. The molecule has 4 nitrogen and oxygen atoms in total. The Labute approximate surface area is 178 Å². The number of rotatable bonds is 12. The van der Waals surface area contributed by atoms with Gasteiger partial charge in [0.2, 0.25) is 0 Å². The number of allylic oxidation sites excluding steroid dienone is 1. The van der Waals surface area contributed by atoms with Gasteiger partial charge in [0.15, 0.2) is 5.78 Å². The fourth-order valence-electron chi connectivity index (χ4n) is 3.38. The van der Waals surface area contributed by atoms with Gasteiger partial charge in [-0.2, -0.15) is 3.89 Å². The summed E-state index contributed by atoms with van der Waals surface area (Å²) in [6.07, 6.45) is 9.21. The van der Waals surface area contributed by atoms with Crippen molar-refractivity contribution in [2.75, 3.05) is 12.8 Å². The largest absolute Gasteiger partial charge is 0.359 e. The molecular formula is C23H32FN3OS. The predicted molar refractivity (Wildman–Crippen MR) is 122 cm³/mol. The zero-order chi connectivity index (χ0) is 21.1. The summed E-state index contributed by atoms with van der Waals surface area (Å²) < 4.78 is 12.1. The summed E-state index contributed by atoms with van der Waals surface area (Å²) >= 11 is 0.395. The minimum Gasteiger partial charge on any atom is -0.359 e. The summed E-state index contributed by atoms with van der Waals surface area (Å²) in [5.41, 5.74) is 3.84. The van der Waals surface area contributed by atoms with Crippen LogP contribution in [0.5, 0.6) is 0 Å². The first-order valence-corrected chi connectivity index (χ1v) is 11.2. The molecule has 0 amide bonds. The molecule has 158 valence electrons. The molecule has 0 saturated carbocycles. The third-order valence-corrected chi connectivity index (χ3v) is 5.52. The lowest BCUT2D eigenvalue weighted by Crippen LogP contribution is -2.36. The normalized spacial score (nSPS) is 17.6. The van der Waals surface area contributed by atoms with Crippen molar-refractivity contribution in [1.82, 2.24) is 10.6 Å². The van der Waals surface area contributed by atoms with Gasteiger partial charge in [0.25, 0.3) is 0 Å². The maximum absolute atomic E-state index is 12.9. The van der Waals surface area contributed by atoms with E-state index in [0.29, 0.717) is 30.1 Å². The van der Waals surface area contributed by atoms with Gasteiger partial charge in [-0.1, -0.05) is 44.5 Å². The maximum Gasteiger partial charge on any atom is 0.182 e. The quantitative estimate of drug-likeness (QED) is 0.380. The molecule has 2 N–H and O–H groups in total. The number of nitrogens with zero attached hydrogens (tertiary/aromatic N) is 1. The first-order valence-electron chi connectivity index (χ1n) is 10.3. The lowest BCUT2D eigenvalue weighted by Gasteiger charge is -2.23. The second kappa shape index (κ2) is 12.6. The first-order chi connectivity index (χ1) is 14.1. The van der Waals surface area contributed by atoms with Crippen LogP contribution in [0.15, 0.2) is 52.8 Å². The van der Waals surface area contributed by atoms with E-state index in [1.807, 2.05) is 32.5 Å². The molecule has 2 atom stereocenters. The molecule has 0 bridgehead atoms. The van der Waals surface area contributed by atoms with Gasteiger partial charge in [0.1, 0.15) is 0 Å². The van der Waals surface area contributed by atoms with Gasteiger partial charge in [-0.3, -0.25) is 9.79 Å². The van der Waals surface area contributed by atoms with E-state index in [4.69, 9.17) is 0 Å². The highest BCUT2D eigenvalue weighted by Gasteiger charge is 2.24. The third kappa shape index (κ3) is 7.12. The number of carbonyl (C=O) groups excluding carboxylic acids is 1. The zero-order valence-corrected chi connectivity index (χ0v) is 18.4. The number of hydrogen-bond acceptors (Lipinski definition) is 5. The summed E-state index contributed by atoms with van der Waals surface area (Å²) in [4.78, 5) is 17.5. The number of likely N-dealkylation sites (N-methyl/N-ethyl adjacent to an activating group) is 1. The van der Waals surface area contributed by atoms with E-state index in [0.717, 1.165) is 36.8 Å². The fourth-order valence-corrected chi connectivity index (χ4v) is 3.64. The van der Waals surface area contributed by atoms with E-state index in [9.17, 15) is 8.68 Å². The van der Waals surface area contributed by atoms with Crippen molar-refractivity contribution >= 4 is 24.1 Å². The molecule has 1 heterocycles. The van der Waals surface area contributed by atoms with E-state index in [-0.39, 0.29) is 17.7 Å². The van der Waals surface area contributed by atoms with Crippen LogP contribution in [-0.2, 0) is 17.8 Å². The monoisotopic (exact) mass is 417 g/mol. The number of nitrogens with one attached hydrogen (secondary N) is 2. The topological polar surface area (TPSA) is 53.5 Å². The summed E-state index contributed by atoms with van der Waals surface area (Å²) in [6.45, 7) is 4.63. The SMILES string of the molecule is CCCC(C)C(=O)C1=C(C=NCc2ccc(CCCSF)cc2)C(NC)C=CN1. The molecule has 0 radical (unpaired) electrons. The molecule has 2 unspecified atom stereocenters. The summed E-state index contributed by atoms with van der Waals surface area (Å²) in [5.74, 6) is 0.653. The van der Waals surface area contributed by atoms with Crippen LogP contribution in [0.25, 0.3) is 0 Å². The molecule has 1 aliphatic heterocycles. The lowest BCUT2D eigenvalue weighted by atomic mass is 9.93. The van der Waals surface area contributed by atoms with Gasteiger partial charge >= 0.3 is 0 Å². The number of aryl methyl sites for hydroxylation is 1. The molecular weight excluding hydrogens is 385 g/mol. The lowest BCUT2D eigenvalue weighted by molar-refractivity contribution is -0.119. The van der Waals surface area contributed by atoms with Gasteiger partial charge in [0, 0.05) is 35.6 Å². The van der Waals surface area contributed by atoms with Crippen molar-refractivity contribution in [3.8, 4) is 0 Å². The average Bonchev–Trinajstić information content (AvgIpc) is 2.74. The highest BCUT2D eigenvalue weighted by Crippen LogP contribution is 2.19. The highest BCUT2D eigenvalue weighted by atomic mass is 32.2. The predicted octanol–water partition coefficient (Wildman–Crippen LogP) is 4.77. The van der Waals surface area contributed by atoms with Crippen LogP contribution >= 0.6 is 12.1 Å². The number of benzene rings is 1. The van der Waals surface area contributed by atoms with E-state index in [1.165, 1.54) is 5.56 Å². The minimum absolute atomic E-state index is 0.0155. The fraction of sp³-hybridized carbons (Fsp3) is 0.478. The van der Waals surface area contributed by atoms with Crippen LogP contribution in [0, 0.1) is 5.92 Å². The summed E-state index contributed by atoms with van der Waals surface area (Å²) in [6, 6.07) is 8.25. The Bertz CT molecular complexity index is 743. The highest BCUT2D eigenvalue weighted by molar-refractivity contribution is 7.94. The number of dihydropyridines is 1. The van der Waals surface area contributed by atoms with E-state index in [1.54, 1.807) is 0 Å². The third-order valence-electron chi connectivity index (χ3n) is 5.08. The molecule has 1 aromatic rings. The molecule has 0 aromatic heterocycles. The number of hydrogen-bond donors (Lipinski definition) is 2. The van der Waals surface area contributed by atoms with Crippen molar-refractivity contribution in [3.05, 3.63) is 58.9 Å². The van der Waals surface area contributed by atoms with Gasteiger partial charge in [-0.25, -0.2) is 0 Å². The van der Waals surface area contributed by atoms with E-state index in [2.05, 4.69) is 46.8 Å². The van der Waals surface area contributed by atoms with Crippen LogP contribution in [0.3, 0.4) is 0 Å². The number of Topliss-reactive ketones (excluding diaryl/α,β-unsaturated/α-hetero) is 1. The molecule has 0 saturated heterocycles. The Balaban J connectivity index is 2.08. The van der Waals surface area contributed by atoms with Gasteiger partial charge < -0.3 is 10.6 Å². The Morgan fingerprint density at radius 3 is 2.72 bits per heavy atom. The van der Waals surface area contributed by atoms with Crippen molar-refractivity contribution in [1.29, 1.82) is 0 Å². The van der Waals surface area contributed by atoms with Crippen LogP contribution in [0.1, 0.15) is 44.2 Å². The van der Waals surface area contributed by atoms with Gasteiger partial charge in [-0.05, 0) is 49.7 Å². The second-order valence-corrected chi connectivity index (χ2v) is 7.98. The molecule has 1 aliphatic rings. The van der Waals surface area contributed by atoms with Crippen molar-refractivity contribution < 1.29 is 8.68 Å². The van der Waals surface area contributed by atoms with Crippen molar-refractivity contribution in [2.45, 2.75) is 52.1 Å². The smallest absolute Gasteiger partial charge is 0.182 e. The molecule has 1 aromatic carbocycles. The van der Waals surface area contributed by atoms with E-state index < -0.39 is 0 Å². The van der Waals surface area contributed by atoms with E-state index >= 15 is 0 Å². The number of carbonyl (C=O) groups is 1. The standard InChI is InChI=1S/C23H32FN3OS/c1-4-6-17(2)23(28)22-20(21(25-3)12-13-27-22)16-26-15-19-10-8-18(9-11-19)7-5-14-29-24/h8-13,16-17,21,25,27H,4-7,14-15H2,1-3H3. The number of aliphatic imine (C=N–C) groups is 1. The number of halogens is 1. The van der Waals surface area contributed by atoms with Crippen LogP contribution in [-0.4, -0.2) is 30.8 Å². The van der Waals surface area contributed by atoms with Gasteiger partial charge in [0.05, 0.1) is 18.3 Å². The zero-order valence-electron chi connectivity index (χ0n) is 17.6. The van der Waals surface area contributed by atoms with Crippen LogP contribution < -0.4 is 10.6 Å². The Morgan fingerprint density at radius 1 is 1.34 bits per heavy atom. The summed E-state index contributed by atoms with van der Waals surface area (Å²) in [7, 11) is 1.88. The van der Waals surface area contributed by atoms with Crippen molar-refractivity contribution in [2.24, 2.45) is 10.9 Å². The molecule has 2 rings (SSSR count). The van der Waals surface area contributed by atoms with Crippen LogP contribution in [0.4, 0.5) is 3.89 Å². The first kappa shape index (κ1) is 23.4. The number of ketones is 1. The molecule has 0 fully saturated rings. The molecule has 0 aliphatic carbocycles. The van der Waals surface area contributed by atoms with Crippen LogP contribution in [0.2, 0.25) is 0 Å². The molecule has 6 heteroatoms.